The number of aromatic nitrogens is 1. The maximum Gasteiger partial charge on any atom is 0.417 e. The van der Waals surface area contributed by atoms with Crippen molar-refractivity contribution in [2.45, 2.75) is 6.18 Å². The number of nitrogens with zero attached hydrogens (tertiary/aromatic N) is 3. The summed E-state index contributed by atoms with van der Waals surface area (Å²) in [5.41, 5.74) is 0.192. The Labute approximate surface area is 131 Å². The molecule has 7 heteroatoms. The molecule has 1 fully saturated rings. The van der Waals surface area contributed by atoms with Crippen molar-refractivity contribution >= 4 is 11.5 Å². The number of rotatable bonds is 2. The van der Waals surface area contributed by atoms with E-state index in [1.807, 2.05) is 4.90 Å². The second kappa shape index (κ2) is 6.06. The third-order valence-electron chi connectivity index (χ3n) is 3.87. The molecule has 0 N–H and O–H groups in total. The molecule has 1 saturated heterocycles. The zero-order valence-electron chi connectivity index (χ0n) is 12.2. The molecule has 0 aliphatic carbocycles. The Hall–Kier alpha value is -2.31. The van der Waals surface area contributed by atoms with Gasteiger partial charge in [0.15, 0.2) is 0 Å². The van der Waals surface area contributed by atoms with E-state index < -0.39 is 11.7 Å². The van der Waals surface area contributed by atoms with Gasteiger partial charge >= 0.3 is 6.18 Å². The molecule has 0 saturated carbocycles. The maximum absolute atomic E-state index is 12.9. The lowest BCUT2D eigenvalue weighted by Gasteiger charge is -2.36. The van der Waals surface area contributed by atoms with E-state index >= 15 is 0 Å². The predicted molar refractivity (Wildman–Crippen MR) is 80.1 cm³/mol. The van der Waals surface area contributed by atoms with Crippen molar-refractivity contribution in [1.82, 2.24) is 4.98 Å². The van der Waals surface area contributed by atoms with Crippen LogP contribution in [0.1, 0.15) is 5.56 Å². The summed E-state index contributed by atoms with van der Waals surface area (Å²) in [6.07, 6.45) is -3.51. The quantitative estimate of drug-likeness (QED) is 0.787. The molecule has 0 radical (unpaired) electrons. The van der Waals surface area contributed by atoms with Gasteiger partial charge in [0.25, 0.3) is 0 Å². The summed E-state index contributed by atoms with van der Waals surface area (Å²) in [6, 6.07) is 8.73. The van der Waals surface area contributed by atoms with E-state index in [1.54, 1.807) is 12.1 Å². The van der Waals surface area contributed by atoms with E-state index in [2.05, 4.69) is 9.88 Å². The van der Waals surface area contributed by atoms with Crippen LogP contribution >= 0.6 is 0 Å². The van der Waals surface area contributed by atoms with Crippen molar-refractivity contribution in [2.75, 3.05) is 36.0 Å². The fraction of sp³-hybridized carbons (Fsp3) is 0.312. The smallest absolute Gasteiger partial charge is 0.368 e. The first-order valence-corrected chi connectivity index (χ1v) is 7.22. The standard InChI is InChI=1S/C16H15F4N3/c17-13-2-4-14(5-3-13)22-7-9-23(10-8-22)15-6-1-12(11-21-15)16(18,19)20/h1-6,11H,7-10H2. The number of halogens is 4. The molecule has 0 atom stereocenters. The Morgan fingerprint density at radius 2 is 1.43 bits per heavy atom. The monoisotopic (exact) mass is 325 g/mol. The van der Waals surface area contributed by atoms with Gasteiger partial charge < -0.3 is 9.80 Å². The molecule has 3 nitrogen and oxygen atoms in total. The van der Waals surface area contributed by atoms with Gasteiger partial charge in [0, 0.05) is 38.1 Å². The number of piperazine rings is 1. The van der Waals surface area contributed by atoms with Crippen LogP contribution in [0, 0.1) is 5.82 Å². The van der Waals surface area contributed by atoms with E-state index in [0.29, 0.717) is 32.0 Å². The highest BCUT2D eigenvalue weighted by molar-refractivity contribution is 5.49. The van der Waals surface area contributed by atoms with E-state index in [0.717, 1.165) is 18.0 Å². The number of hydrogen-bond acceptors (Lipinski definition) is 3. The van der Waals surface area contributed by atoms with Gasteiger partial charge in [0.05, 0.1) is 5.56 Å². The second-order valence-corrected chi connectivity index (χ2v) is 5.35. The Balaban J connectivity index is 1.63. The highest BCUT2D eigenvalue weighted by atomic mass is 19.4. The first-order chi connectivity index (χ1) is 10.9. The van der Waals surface area contributed by atoms with E-state index in [4.69, 9.17) is 0 Å². The van der Waals surface area contributed by atoms with E-state index in [-0.39, 0.29) is 5.82 Å². The molecule has 2 heterocycles. The van der Waals surface area contributed by atoms with Gasteiger partial charge in [-0.05, 0) is 36.4 Å². The molecule has 3 rings (SSSR count). The van der Waals surface area contributed by atoms with Crippen molar-refractivity contribution in [3.05, 3.63) is 54.0 Å². The van der Waals surface area contributed by atoms with Crippen LogP contribution in [0.2, 0.25) is 0 Å². The predicted octanol–water partition coefficient (Wildman–Crippen LogP) is 3.57. The Morgan fingerprint density at radius 3 is 1.96 bits per heavy atom. The van der Waals surface area contributed by atoms with Crippen LogP contribution in [0.15, 0.2) is 42.6 Å². The average Bonchev–Trinajstić information content (AvgIpc) is 2.55. The molecular weight excluding hydrogens is 310 g/mol. The topological polar surface area (TPSA) is 19.4 Å². The molecule has 1 aromatic heterocycles. The number of pyridine rings is 1. The van der Waals surface area contributed by atoms with Gasteiger partial charge in [0.2, 0.25) is 0 Å². The first kappa shape index (κ1) is 15.6. The van der Waals surface area contributed by atoms with Crippen LogP contribution in [0.4, 0.5) is 29.1 Å². The summed E-state index contributed by atoms with van der Waals surface area (Å²) in [7, 11) is 0. The Kier molecular flexibility index (Phi) is 4.11. The zero-order chi connectivity index (χ0) is 16.4. The van der Waals surface area contributed by atoms with Crippen molar-refractivity contribution in [1.29, 1.82) is 0 Å². The number of hydrogen-bond donors (Lipinski definition) is 0. The minimum absolute atomic E-state index is 0.277. The normalized spacial score (nSPS) is 15.8. The highest BCUT2D eigenvalue weighted by Crippen LogP contribution is 2.29. The maximum atomic E-state index is 12.9. The van der Waals surface area contributed by atoms with Crippen LogP contribution in [0.5, 0.6) is 0 Å². The molecule has 0 amide bonds. The SMILES string of the molecule is Fc1ccc(N2CCN(c3ccc(C(F)(F)F)cn3)CC2)cc1. The molecule has 0 spiro atoms. The average molecular weight is 325 g/mol. The van der Waals surface area contributed by atoms with Crippen LogP contribution in [0.25, 0.3) is 0 Å². The van der Waals surface area contributed by atoms with Gasteiger partial charge in [-0.2, -0.15) is 13.2 Å². The minimum Gasteiger partial charge on any atom is -0.368 e. The van der Waals surface area contributed by atoms with E-state index in [9.17, 15) is 17.6 Å². The number of alkyl halides is 3. The summed E-state index contributed by atoms with van der Waals surface area (Å²) < 4.78 is 50.6. The van der Waals surface area contributed by atoms with Gasteiger partial charge in [-0.25, -0.2) is 9.37 Å². The molecule has 2 aromatic rings. The van der Waals surface area contributed by atoms with E-state index in [1.165, 1.54) is 18.2 Å². The van der Waals surface area contributed by atoms with Crippen molar-refractivity contribution < 1.29 is 17.6 Å². The summed E-state index contributed by atoms with van der Waals surface area (Å²) in [6.45, 7) is 2.70. The minimum atomic E-state index is -4.37. The third kappa shape index (κ3) is 3.55. The summed E-state index contributed by atoms with van der Waals surface area (Å²) in [4.78, 5) is 7.97. The summed E-state index contributed by atoms with van der Waals surface area (Å²) in [5.74, 6) is 0.262. The van der Waals surface area contributed by atoms with Crippen LogP contribution < -0.4 is 9.80 Å². The second-order valence-electron chi connectivity index (χ2n) is 5.35. The van der Waals surface area contributed by atoms with Crippen LogP contribution in [-0.2, 0) is 6.18 Å². The molecule has 1 aliphatic rings. The Morgan fingerprint density at radius 1 is 0.826 bits per heavy atom. The number of anilines is 2. The lowest BCUT2D eigenvalue weighted by molar-refractivity contribution is -0.137. The summed E-state index contributed by atoms with van der Waals surface area (Å²) in [5, 5.41) is 0. The molecule has 1 aliphatic heterocycles. The lowest BCUT2D eigenvalue weighted by atomic mass is 10.2. The third-order valence-corrected chi connectivity index (χ3v) is 3.87. The van der Waals surface area contributed by atoms with Crippen molar-refractivity contribution in [3.8, 4) is 0 Å². The van der Waals surface area contributed by atoms with Gasteiger partial charge in [-0.3, -0.25) is 0 Å². The number of benzene rings is 1. The lowest BCUT2D eigenvalue weighted by Crippen LogP contribution is -2.46. The Bertz CT molecular complexity index is 645. The van der Waals surface area contributed by atoms with Crippen molar-refractivity contribution in [2.24, 2.45) is 0 Å². The van der Waals surface area contributed by atoms with Crippen LogP contribution in [0.3, 0.4) is 0 Å². The molecule has 1 aromatic carbocycles. The highest BCUT2D eigenvalue weighted by Gasteiger charge is 2.31. The molecule has 23 heavy (non-hydrogen) atoms. The largest absolute Gasteiger partial charge is 0.417 e. The molecule has 0 bridgehead atoms. The molecule has 0 unspecified atom stereocenters. The first-order valence-electron chi connectivity index (χ1n) is 7.22. The van der Waals surface area contributed by atoms with Gasteiger partial charge in [-0.1, -0.05) is 0 Å². The fourth-order valence-corrected chi connectivity index (χ4v) is 2.59. The summed E-state index contributed by atoms with van der Waals surface area (Å²) >= 11 is 0. The van der Waals surface area contributed by atoms with Crippen molar-refractivity contribution in [3.63, 3.8) is 0 Å². The van der Waals surface area contributed by atoms with Gasteiger partial charge in [-0.15, -0.1) is 0 Å². The molecule has 122 valence electrons. The van der Waals surface area contributed by atoms with Gasteiger partial charge in [0.1, 0.15) is 11.6 Å². The zero-order valence-corrected chi connectivity index (χ0v) is 12.2. The molecular formula is C16H15F4N3. The van der Waals surface area contributed by atoms with Crippen LogP contribution in [-0.4, -0.2) is 31.2 Å². The fourth-order valence-electron chi connectivity index (χ4n) is 2.59.